The highest BCUT2D eigenvalue weighted by Gasteiger charge is 2.35. The third-order valence-corrected chi connectivity index (χ3v) is 7.92. The molecule has 1 unspecified atom stereocenters. The Morgan fingerprint density at radius 2 is 1.61 bits per heavy atom. The Balaban J connectivity index is 1.36. The van der Waals surface area contributed by atoms with Crippen LogP contribution >= 0.6 is 0 Å². The molecule has 1 saturated heterocycles. The Morgan fingerprint density at radius 1 is 0.917 bits per heavy atom. The summed E-state index contributed by atoms with van der Waals surface area (Å²) in [5.74, 6) is -0.574. The maximum Gasteiger partial charge on any atom is 0.238 e. The number of hydrogen-bond donors (Lipinski definition) is 2. The van der Waals surface area contributed by atoms with E-state index in [0.29, 0.717) is 23.6 Å². The number of piperidine rings is 1. The van der Waals surface area contributed by atoms with Crippen molar-refractivity contribution in [2.45, 2.75) is 25.2 Å². The van der Waals surface area contributed by atoms with Crippen LogP contribution in [0, 0.1) is 0 Å². The van der Waals surface area contributed by atoms with Gasteiger partial charge in [0.1, 0.15) is 5.92 Å². The van der Waals surface area contributed by atoms with Crippen molar-refractivity contribution in [1.82, 2.24) is 4.90 Å². The highest BCUT2D eigenvalue weighted by Crippen LogP contribution is 2.36. The van der Waals surface area contributed by atoms with E-state index in [-0.39, 0.29) is 11.7 Å². The number of benzene rings is 3. The minimum atomic E-state index is -3.45. The van der Waals surface area contributed by atoms with Crippen LogP contribution < -0.4 is 10.0 Å². The molecule has 1 amide bonds. The normalized spacial score (nSPS) is 18.5. The summed E-state index contributed by atoms with van der Waals surface area (Å²) in [5.41, 5.74) is 4.33. The number of rotatable bonds is 8. The number of amides is 1. The molecule has 0 bridgehead atoms. The summed E-state index contributed by atoms with van der Waals surface area (Å²) < 4.78 is 27.9. The molecule has 1 fully saturated rings. The molecule has 2 heterocycles. The average molecular weight is 503 g/mol. The molecular weight excluding hydrogens is 472 g/mol. The van der Waals surface area contributed by atoms with Gasteiger partial charge in [-0.25, -0.2) is 8.42 Å². The lowest BCUT2D eigenvalue weighted by Crippen LogP contribution is -2.35. The van der Waals surface area contributed by atoms with E-state index >= 15 is 0 Å². The van der Waals surface area contributed by atoms with Gasteiger partial charge in [0, 0.05) is 17.9 Å². The molecule has 0 spiro atoms. The van der Waals surface area contributed by atoms with Crippen LogP contribution in [-0.2, 0) is 14.8 Å². The molecule has 2 N–H and O–H groups in total. The van der Waals surface area contributed by atoms with Crippen LogP contribution in [0.1, 0.15) is 36.3 Å². The Kier molecular flexibility index (Phi) is 7.16. The van der Waals surface area contributed by atoms with Crippen molar-refractivity contribution in [2.75, 3.05) is 35.4 Å². The number of sulfonamides is 1. The summed E-state index contributed by atoms with van der Waals surface area (Å²) in [6.45, 7) is 2.48. The van der Waals surface area contributed by atoms with E-state index in [1.807, 2.05) is 54.6 Å². The van der Waals surface area contributed by atoms with Gasteiger partial charge < -0.3 is 10.2 Å². The van der Waals surface area contributed by atoms with E-state index in [2.05, 4.69) is 14.9 Å². The summed E-state index contributed by atoms with van der Waals surface area (Å²) in [6.07, 6.45) is 3.49. The summed E-state index contributed by atoms with van der Waals surface area (Å²) in [6, 6.07) is 24.3. The molecule has 0 saturated carbocycles. The standard InChI is InChI=1S/C28H30N4O3S/c33-28-26(24-11-5-6-12-25(24)30-28)27(21-9-3-1-4-10-21)29-22-13-15-23(16-14-22)31-36(34,35)20-19-32-17-7-2-8-18-32/h1,3-6,9-16,26,31H,2,7-8,17-20H2,(H,30,33). The second-order valence-corrected chi connectivity index (χ2v) is 11.1. The number of fused-ring (bicyclic) bond motifs is 1. The monoisotopic (exact) mass is 502 g/mol. The third-order valence-electron chi connectivity index (χ3n) is 6.65. The van der Waals surface area contributed by atoms with Gasteiger partial charge >= 0.3 is 0 Å². The van der Waals surface area contributed by atoms with Crippen molar-refractivity contribution < 1.29 is 13.2 Å². The van der Waals surface area contributed by atoms with Gasteiger partial charge in [0.2, 0.25) is 15.9 Å². The van der Waals surface area contributed by atoms with Crippen LogP contribution in [0.15, 0.2) is 83.9 Å². The zero-order chi connectivity index (χ0) is 25.0. The van der Waals surface area contributed by atoms with Crippen molar-refractivity contribution in [3.63, 3.8) is 0 Å². The lowest BCUT2D eigenvalue weighted by molar-refractivity contribution is -0.115. The zero-order valence-electron chi connectivity index (χ0n) is 20.1. The van der Waals surface area contributed by atoms with E-state index in [1.54, 1.807) is 24.3 Å². The van der Waals surface area contributed by atoms with Crippen molar-refractivity contribution in [1.29, 1.82) is 0 Å². The smallest absolute Gasteiger partial charge is 0.238 e. The minimum absolute atomic E-state index is 0.0707. The molecule has 0 aliphatic carbocycles. The Bertz CT molecular complexity index is 1350. The summed E-state index contributed by atoms with van der Waals surface area (Å²) in [5, 5.41) is 2.95. The molecule has 0 aromatic heterocycles. The van der Waals surface area contributed by atoms with Gasteiger partial charge in [-0.15, -0.1) is 0 Å². The van der Waals surface area contributed by atoms with Crippen LogP contribution in [0.4, 0.5) is 17.1 Å². The lowest BCUT2D eigenvalue weighted by atomic mass is 9.90. The maximum absolute atomic E-state index is 13.0. The lowest BCUT2D eigenvalue weighted by Gasteiger charge is -2.26. The molecule has 3 aromatic rings. The average Bonchev–Trinajstić information content (AvgIpc) is 3.23. The van der Waals surface area contributed by atoms with Crippen LogP contribution in [0.3, 0.4) is 0 Å². The first-order valence-corrected chi connectivity index (χ1v) is 14.0. The third kappa shape index (κ3) is 5.66. The molecule has 1 atom stereocenters. The highest BCUT2D eigenvalue weighted by atomic mass is 32.2. The van der Waals surface area contributed by atoms with E-state index in [4.69, 9.17) is 4.99 Å². The Labute approximate surface area is 212 Å². The second kappa shape index (κ2) is 10.6. The van der Waals surface area contributed by atoms with E-state index in [1.165, 1.54) is 6.42 Å². The Morgan fingerprint density at radius 3 is 2.36 bits per heavy atom. The number of aliphatic imine (C=N–C) groups is 1. The predicted molar refractivity (Wildman–Crippen MR) is 145 cm³/mol. The number of nitrogens with zero attached hydrogens (tertiary/aromatic N) is 2. The summed E-state index contributed by atoms with van der Waals surface area (Å²) in [4.78, 5) is 20.0. The van der Waals surface area contributed by atoms with Crippen molar-refractivity contribution in [3.8, 4) is 0 Å². The highest BCUT2D eigenvalue weighted by molar-refractivity contribution is 7.92. The molecule has 5 rings (SSSR count). The first kappa shape index (κ1) is 24.2. The minimum Gasteiger partial charge on any atom is -0.325 e. The van der Waals surface area contributed by atoms with E-state index in [9.17, 15) is 13.2 Å². The second-order valence-electron chi connectivity index (χ2n) is 9.24. The van der Waals surface area contributed by atoms with E-state index in [0.717, 1.165) is 42.7 Å². The largest absolute Gasteiger partial charge is 0.325 e. The van der Waals surface area contributed by atoms with Gasteiger partial charge in [-0.2, -0.15) is 0 Å². The van der Waals surface area contributed by atoms with Crippen molar-refractivity contribution in [2.24, 2.45) is 4.99 Å². The molecule has 36 heavy (non-hydrogen) atoms. The Hall–Kier alpha value is -3.49. The fourth-order valence-electron chi connectivity index (χ4n) is 4.79. The molecule has 7 nitrogen and oxygen atoms in total. The number of para-hydroxylation sites is 1. The molecule has 186 valence electrons. The van der Waals surface area contributed by atoms with Gasteiger partial charge in [-0.1, -0.05) is 55.0 Å². The molecule has 0 radical (unpaired) electrons. The van der Waals surface area contributed by atoms with Crippen LogP contribution in [0.25, 0.3) is 0 Å². The van der Waals surface area contributed by atoms with Crippen molar-refractivity contribution >= 4 is 38.7 Å². The van der Waals surface area contributed by atoms with Gasteiger partial charge in [0.25, 0.3) is 0 Å². The van der Waals surface area contributed by atoms with Crippen molar-refractivity contribution in [3.05, 3.63) is 90.0 Å². The fourth-order valence-corrected chi connectivity index (χ4v) is 5.89. The molecule has 3 aromatic carbocycles. The van der Waals surface area contributed by atoms with Gasteiger partial charge in [0.15, 0.2) is 0 Å². The maximum atomic E-state index is 13.0. The molecular formula is C28H30N4O3S. The molecule has 2 aliphatic rings. The topological polar surface area (TPSA) is 90.9 Å². The summed E-state index contributed by atoms with van der Waals surface area (Å²) in [7, 11) is -3.45. The first-order valence-electron chi connectivity index (χ1n) is 12.4. The quantitative estimate of drug-likeness (QED) is 0.434. The van der Waals surface area contributed by atoms with Crippen LogP contribution in [0.2, 0.25) is 0 Å². The van der Waals surface area contributed by atoms with E-state index < -0.39 is 15.9 Å². The van der Waals surface area contributed by atoms with Crippen LogP contribution in [-0.4, -0.2) is 50.3 Å². The number of hydrogen-bond acceptors (Lipinski definition) is 5. The SMILES string of the molecule is O=C1Nc2ccccc2C1C(=Nc1ccc(NS(=O)(=O)CCN2CCCCC2)cc1)c1ccccc1. The first-order chi connectivity index (χ1) is 17.5. The van der Waals surface area contributed by atoms with Gasteiger partial charge in [-0.05, 0) is 67.4 Å². The van der Waals surface area contributed by atoms with Gasteiger partial charge in [0.05, 0.1) is 17.2 Å². The number of carbonyl (C=O) groups is 1. The number of nitrogens with one attached hydrogen (secondary N) is 2. The predicted octanol–water partition coefficient (Wildman–Crippen LogP) is 4.77. The molecule has 2 aliphatic heterocycles. The summed E-state index contributed by atoms with van der Waals surface area (Å²) >= 11 is 0. The van der Waals surface area contributed by atoms with Gasteiger partial charge in [-0.3, -0.25) is 14.5 Å². The fraction of sp³-hybridized carbons (Fsp3) is 0.286. The number of carbonyl (C=O) groups excluding carboxylic acids is 1. The molecule has 8 heteroatoms. The number of anilines is 2. The van der Waals surface area contributed by atoms with Crippen LogP contribution in [0.5, 0.6) is 0 Å². The zero-order valence-corrected chi connectivity index (χ0v) is 20.9. The number of likely N-dealkylation sites (tertiary alicyclic amines) is 1.